The van der Waals surface area contributed by atoms with Gasteiger partial charge in [0, 0.05) is 17.3 Å². The molecular formula is C19H18FNO5. The van der Waals surface area contributed by atoms with Crippen molar-refractivity contribution < 1.29 is 28.2 Å². The summed E-state index contributed by atoms with van der Waals surface area (Å²) >= 11 is 0. The van der Waals surface area contributed by atoms with Gasteiger partial charge in [0.05, 0.1) is 14.2 Å². The van der Waals surface area contributed by atoms with Gasteiger partial charge in [-0.25, -0.2) is 9.18 Å². The number of benzene rings is 2. The summed E-state index contributed by atoms with van der Waals surface area (Å²) in [5.41, 5.74) is 1.03. The minimum atomic E-state index is -0.691. The van der Waals surface area contributed by atoms with Gasteiger partial charge in [0.15, 0.2) is 6.61 Å². The third kappa shape index (κ3) is 5.62. The average molecular weight is 359 g/mol. The van der Waals surface area contributed by atoms with E-state index in [0.717, 1.165) is 0 Å². The molecule has 0 spiro atoms. The molecule has 1 N–H and O–H groups in total. The zero-order valence-corrected chi connectivity index (χ0v) is 14.3. The summed E-state index contributed by atoms with van der Waals surface area (Å²) in [6.45, 7) is -0.463. The van der Waals surface area contributed by atoms with Gasteiger partial charge >= 0.3 is 5.97 Å². The van der Waals surface area contributed by atoms with Gasteiger partial charge in [-0.1, -0.05) is 0 Å². The number of hydrogen-bond acceptors (Lipinski definition) is 5. The average Bonchev–Trinajstić information content (AvgIpc) is 2.66. The second kappa shape index (κ2) is 9.22. The second-order valence-corrected chi connectivity index (χ2v) is 5.10. The van der Waals surface area contributed by atoms with Crippen LogP contribution in [-0.2, 0) is 14.3 Å². The maximum Gasteiger partial charge on any atom is 0.331 e. The molecule has 2 aromatic carbocycles. The molecule has 0 unspecified atom stereocenters. The topological polar surface area (TPSA) is 73.9 Å². The Hall–Kier alpha value is -3.35. The van der Waals surface area contributed by atoms with Crippen LogP contribution in [0.3, 0.4) is 0 Å². The lowest BCUT2D eigenvalue weighted by atomic mass is 10.1. The molecule has 0 aliphatic carbocycles. The van der Waals surface area contributed by atoms with Crippen molar-refractivity contribution in [2.75, 3.05) is 26.1 Å². The largest absolute Gasteiger partial charge is 0.497 e. The van der Waals surface area contributed by atoms with Gasteiger partial charge in [-0.05, 0) is 48.5 Å². The highest BCUT2D eigenvalue weighted by Gasteiger charge is 2.07. The van der Waals surface area contributed by atoms with Gasteiger partial charge in [-0.3, -0.25) is 4.79 Å². The fraction of sp³-hybridized carbons (Fsp3) is 0.158. The monoisotopic (exact) mass is 359 g/mol. The SMILES string of the molecule is COc1ccc(OC)c(/C=C/C(=O)OCC(=O)Nc2ccc(F)cc2)c1. The Kier molecular flexibility index (Phi) is 6.73. The number of amides is 1. The van der Waals surface area contributed by atoms with E-state index in [1.165, 1.54) is 50.6 Å². The molecule has 0 saturated carbocycles. The Balaban J connectivity index is 1.89. The Morgan fingerprint density at radius 3 is 2.46 bits per heavy atom. The number of rotatable bonds is 7. The summed E-state index contributed by atoms with van der Waals surface area (Å²) in [4.78, 5) is 23.5. The molecule has 2 aromatic rings. The van der Waals surface area contributed by atoms with Crippen molar-refractivity contribution >= 4 is 23.6 Å². The summed E-state index contributed by atoms with van der Waals surface area (Å²) in [6, 6.07) is 10.4. The van der Waals surface area contributed by atoms with E-state index in [9.17, 15) is 14.0 Å². The predicted octanol–water partition coefficient (Wildman–Crippen LogP) is 3.04. The van der Waals surface area contributed by atoms with E-state index in [-0.39, 0.29) is 0 Å². The molecule has 0 fully saturated rings. The van der Waals surface area contributed by atoms with Gasteiger partial charge < -0.3 is 19.5 Å². The van der Waals surface area contributed by atoms with Crippen molar-refractivity contribution in [1.29, 1.82) is 0 Å². The first kappa shape index (κ1) is 19.0. The van der Waals surface area contributed by atoms with Crippen molar-refractivity contribution in [3.63, 3.8) is 0 Å². The maximum absolute atomic E-state index is 12.8. The summed E-state index contributed by atoms with van der Waals surface area (Å²) in [6.07, 6.45) is 2.68. The molecule has 26 heavy (non-hydrogen) atoms. The van der Waals surface area contributed by atoms with Crippen LogP contribution in [0, 0.1) is 5.82 Å². The summed E-state index contributed by atoms with van der Waals surface area (Å²) in [7, 11) is 3.04. The van der Waals surface area contributed by atoms with Gasteiger partial charge in [0.1, 0.15) is 17.3 Å². The first-order chi connectivity index (χ1) is 12.5. The highest BCUT2D eigenvalue weighted by Crippen LogP contribution is 2.25. The highest BCUT2D eigenvalue weighted by molar-refractivity contribution is 5.94. The highest BCUT2D eigenvalue weighted by atomic mass is 19.1. The molecular weight excluding hydrogens is 341 g/mol. The number of halogens is 1. The maximum atomic E-state index is 12.8. The number of methoxy groups -OCH3 is 2. The van der Waals surface area contributed by atoms with Crippen molar-refractivity contribution in [3.8, 4) is 11.5 Å². The van der Waals surface area contributed by atoms with E-state index >= 15 is 0 Å². The Morgan fingerprint density at radius 1 is 1.08 bits per heavy atom. The fourth-order valence-electron chi connectivity index (χ4n) is 2.04. The second-order valence-electron chi connectivity index (χ2n) is 5.10. The van der Waals surface area contributed by atoms with E-state index in [4.69, 9.17) is 14.2 Å². The molecule has 0 heterocycles. The van der Waals surface area contributed by atoms with Crippen LogP contribution in [-0.4, -0.2) is 32.7 Å². The third-order valence-corrected chi connectivity index (χ3v) is 3.31. The predicted molar refractivity (Wildman–Crippen MR) is 94.6 cm³/mol. The molecule has 0 aliphatic heterocycles. The number of carbonyl (C=O) groups excluding carboxylic acids is 2. The van der Waals surface area contributed by atoms with Crippen molar-refractivity contribution in [2.45, 2.75) is 0 Å². The molecule has 136 valence electrons. The van der Waals surface area contributed by atoms with E-state index < -0.39 is 24.3 Å². The van der Waals surface area contributed by atoms with Crippen LogP contribution in [0.15, 0.2) is 48.5 Å². The van der Waals surface area contributed by atoms with Crippen molar-refractivity contribution in [1.82, 2.24) is 0 Å². The number of ether oxygens (including phenoxy) is 3. The van der Waals surface area contributed by atoms with Gasteiger partial charge in [0.2, 0.25) is 0 Å². The van der Waals surface area contributed by atoms with E-state index in [1.807, 2.05) is 0 Å². The van der Waals surface area contributed by atoms with Crippen LogP contribution in [0.25, 0.3) is 6.08 Å². The summed E-state index contributed by atoms with van der Waals surface area (Å²) < 4.78 is 28.0. The number of carbonyl (C=O) groups is 2. The number of nitrogens with one attached hydrogen (secondary N) is 1. The summed E-state index contributed by atoms with van der Waals surface area (Å²) in [5, 5.41) is 2.49. The van der Waals surface area contributed by atoms with Crippen molar-refractivity contribution in [2.24, 2.45) is 0 Å². The van der Waals surface area contributed by atoms with Gasteiger partial charge in [-0.2, -0.15) is 0 Å². The quantitative estimate of drug-likeness (QED) is 0.608. The lowest BCUT2D eigenvalue weighted by Crippen LogP contribution is -2.20. The molecule has 0 atom stereocenters. The molecule has 2 rings (SSSR count). The lowest BCUT2D eigenvalue weighted by molar-refractivity contribution is -0.142. The Labute approximate surface area is 150 Å². The number of esters is 1. The third-order valence-electron chi connectivity index (χ3n) is 3.31. The molecule has 0 aliphatic rings. The zero-order valence-electron chi connectivity index (χ0n) is 14.3. The Bertz CT molecular complexity index is 802. The van der Waals surface area contributed by atoms with Crippen LogP contribution in [0.2, 0.25) is 0 Å². The molecule has 7 heteroatoms. The van der Waals surface area contributed by atoms with Crippen LogP contribution in [0.1, 0.15) is 5.56 Å². The van der Waals surface area contributed by atoms with E-state index in [2.05, 4.69) is 5.32 Å². The summed E-state index contributed by atoms with van der Waals surface area (Å²) in [5.74, 6) is -0.463. The minimum Gasteiger partial charge on any atom is -0.497 e. The standard InChI is InChI=1S/C19H18FNO5/c1-24-16-8-9-17(25-2)13(11-16)3-10-19(23)26-12-18(22)21-15-6-4-14(20)5-7-15/h3-11H,12H2,1-2H3,(H,21,22)/b10-3+. The van der Waals surface area contributed by atoms with Crippen LogP contribution < -0.4 is 14.8 Å². The normalized spacial score (nSPS) is 10.4. The zero-order chi connectivity index (χ0) is 18.9. The number of hydrogen-bond donors (Lipinski definition) is 1. The van der Waals surface area contributed by atoms with Crippen LogP contribution in [0.4, 0.5) is 10.1 Å². The molecule has 0 saturated heterocycles. The van der Waals surface area contributed by atoms with Gasteiger partial charge in [0.25, 0.3) is 5.91 Å². The van der Waals surface area contributed by atoms with Gasteiger partial charge in [-0.15, -0.1) is 0 Å². The van der Waals surface area contributed by atoms with E-state index in [1.54, 1.807) is 18.2 Å². The molecule has 0 radical (unpaired) electrons. The molecule has 0 bridgehead atoms. The van der Waals surface area contributed by atoms with E-state index in [0.29, 0.717) is 22.7 Å². The van der Waals surface area contributed by atoms with Crippen LogP contribution >= 0.6 is 0 Å². The first-order valence-electron chi connectivity index (χ1n) is 7.64. The minimum absolute atomic E-state index is 0.407. The number of anilines is 1. The van der Waals surface area contributed by atoms with Crippen molar-refractivity contribution in [3.05, 3.63) is 59.9 Å². The fourth-order valence-corrected chi connectivity index (χ4v) is 2.04. The van der Waals surface area contributed by atoms with Crippen LogP contribution in [0.5, 0.6) is 11.5 Å². The molecule has 0 aromatic heterocycles. The smallest absolute Gasteiger partial charge is 0.331 e. The Morgan fingerprint density at radius 2 is 1.81 bits per heavy atom. The lowest BCUT2D eigenvalue weighted by Gasteiger charge is -2.07. The molecule has 6 nitrogen and oxygen atoms in total. The first-order valence-corrected chi connectivity index (χ1v) is 7.64. The molecule has 1 amide bonds.